The monoisotopic (exact) mass is 358 g/mol. The molecular weight excluding hydrogens is 336 g/mol. The molecule has 0 aliphatic carbocycles. The Balaban J connectivity index is 2.04. The smallest absolute Gasteiger partial charge is 0.319 e. The summed E-state index contributed by atoms with van der Waals surface area (Å²) in [4.78, 5) is 24.4. The van der Waals surface area contributed by atoms with Gasteiger partial charge in [0.2, 0.25) is 0 Å². The van der Waals surface area contributed by atoms with E-state index in [1.54, 1.807) is 13.2 Å². The van der Waals surface area contributed by atoms with Gasteiger partial charge in [-0.3, -0.25) is 10.1 Å². The Morgan fingerprint density at radius 1 is 1.23 bits per heavy atom. The summed E-state index contributed by atoms with van der Waals surface area (Å²) in [6, 6.07) is 12.9. The first-order valence-corrected chi connectivity index (χ1v) is 8.01. The highest BCUT2D eigenvalue weighted by atomic mass is 16.6. The number of nitro benzene ring substituents is 1. The quantitative estimate of drug-likeness (QED) is 0.586. The zero-order chi connectivity index (χ0) is 19.1. The summed E-state index contributed by atoms with van der Waals surface area (Å²) in [5.41, 5.74) is 1.23. The summed E-state index contributed by atoms with van der Waals surface area (Å²) in [5.74, 6) is 0.743. The van der Waals surface area contributed by atoms with Crippen LogP contribution in [-0.2, 0) is 0 Å². The third-order valence-electron chi connectivity index (χ3n) is 3.89. The fraction of sp³-hybridized carbons (Fsp3) is 0.278. The molecular formula is C18H22N4O4. The maximum Gasteiger partial charge on any atom is 0.319 e. The zero-order valence-electron chi connectivity index (χ0n) is 14.9. The molecule has 2 aromatic rings. The second-order valence-electron chi connectivity index (χ2n) is 5.86. The van der Waals surface area contributed by atoms with Crippen LogP contribution in [0.5, 0.6) is 5.75 Å². The van der Waals surface area contributed by atoms with Crippen molar-refractivity contribution in [1.82, 2.24) is 10.2 Å². The molecule has 0 spiro atoms. The molecule has 26 heavy (non-hydrogen) atoms. The maximum absolute atomic E-state index is 12.2. The van der Waals surface area contributed by atoms with E-state index < -0.39 is 11.0 Å². The molecule has 0 saturated carbocycles. The van der Waals surface area contributed by atoms with Gasteiger partial charge in [-0.2, -0.15) is 0 Å². The first-order chi connectivity index (χ1) is 12.4. The van der Waals surface area contributed by atoms with Crippen molar-refractivity contribution in [3.63, 3.8) is 0 Å². The molecule has 0 saturated heterocycles. The minimum absolute atomic E-state index is 0.0806. The number of benzene rings is 2. The summed E-state index contributed by atoms with van der Waals surface area (Å²) in [7, 11) is 5.43. The normalized spacial score (nSPS) is 11.7. The van der Waals surface area contributed by atoms with Gasteiger partial charge in [0.25, 0.3) is 5.69 Å². The van der Waals surface area contributed by atoms with Crippen LogP contribution in [-0.4, -0.2) is 43.6 Å². The Morgan fingerprint density at radius 3 is 2.62 bits per heavy atom. The molecule has 2 aromatic carbocycles. The van der Waals surface area contributed by atoms with Gasteiger partial charge in [-0.15, -0.1) is 0 Å². The van der Waals surface area contributed by atoms with Crippen molar-refractivity contribution in [3.05, 3.63) is 64.2 Å². The van der Waals surface area contributed by atoms with Crippen LogP contribution in [0.25, 0.3) is 0 Å². The average molecular weight is 358 g/mol. The molecule has 138 valence electrons. The van der Waals surface area contributed by atoms with Crippen molar-refractivity contribution >= 4 is 17.4 Å². The number of nitrogens with one attached hydrogen (secondary N) is 2. The molecule has 2 N–H and O–H groups in total. The van der Waals surface area contributed by atoms with Gasteiger partial charge in [-0.05, 0) is 26.2 Å². The van der Waals surface area contributed by atoms with E-state index in [9.17, 15) is 14.9 Å². The number of anilines is 1. The molecule has 0 aliphatic rings. The summed E-state index contributed by atoms with van der Waals surface area (Å²) in [6.07, 6.45) is 0. The number of nitrogens with zero attached hydrogens (tertiary/aromatic N) is 2. The van der Waals surface area contributed by atoms with E-state index in [2.05, 4.69) is 10.6 Å². The van der Waals surface area contributed by atoms with Crippen molar-refractivity contribution in [3.8, 4) is 5.75 Å². The van der Waals surface area contributed by atoms with Gasteiger partial charge in [0.05, 0.1) is 18.1 Å². The lowest BCUT2D eigenvalue weighted by Gasteiger charge is -2.26. The average Bonchev–Trinajstić information content (AvgIpc) is 2.62. The van der Waals surface area contributed by atoms with Crippen LogP contribution >= 0.6 is 0 Å². The van der Waals surface area contributed by atoms with Gasteiger partial charge in [0.1, 0.15) is 5.75 Å². The predicted molar refractivity (Wildman–Crippen MR) is 99.5 cm³/mol. The van der Waals surface area contributed by atoms with E-state index in [0.29, 0.717) is 12.2 Å². The molecule has 0 aliphatic heterocycles. The van der Waals surface area contributed by atoms with Crippen LogP contribution in [0, 0.1) is 10.1 Å². The number of non-ortho nitro benzene ring substituents is 1. The number of urea groups is 1. The Morgan fingerprint density at radius 2 is 1.96 bits per heavy atom. The van der Waals surface area contributed by atoms with Crippen molar-refractivity contribution in [2.75, 3.05) is 33.1 Å². The molecule has 2 rings (SSSR count). The minimum Gasteiger partial charge on any atom is -0.496 e. The Kier molecular flexibility index (Phi) is 6.51. The first kappa shape index (κ1) is 19.2. The minimum atomic E-state index is -0.507. The molecule has 0 aromatic heterocycles. The fourth-order valence-electron chi connectivity index (χ4n) is 2.57. The Hall–Kier alpha value is -3.13. The second kappa shape index (κ2) is 8.82. The number of hydrogen-bond donors (Lipinski definition) is 2. The number of carbonyl (C=O) groups is 1. The first-order valence-electron chi connectivity index (χ1n) is 8.01. The summed E-state index contributed by atoms with van der Waals surface area (Å²) in [6.45, 7) is 0.341. The predicted octanol–water partition coefficient (Wildman–Crippen LogP) is 3.03. The van der Waals surface area contributed by atoms with E-state index in [1.165, 1.54) is 18.2 Å². The Bertz CT molecular complexity index is 779. The standard InChI is InChI=1S/C18H22N4O4/c1-21(2)16(15-9-4-5-10-17(15)26-3)12-19-18(23)20-13-7-6-8-14(11-13)22(24)25/h4-11,16H,12H2,1-3H3,(H2,19,20,23). The third-order valence-corrected chi connectivity index (χ3v) is 3.89. The lowest BCUT2D eigenvalue weighted by molar-refractivity contribution is -0.384. The number of nitro groups is 1. The molecule has 2 amide bonds. The number of likely N-dealkylation sites (N-methyl/N-ethyl adjacent to an activating group) is 1. The molecule has 1 unspecified atom stereocenters. The van der Waals surface area contributed by atoms with Gasteiger partial charge >= 0.3 is 6.03 Å². The van der Waals surface area contributed by atoms with E-state index in [-0.39, 0.29) is 11.7 Å². The van der Waals surface area contributed by atoms with Crippen LogP contribution in [0.3, 0.4) is 0 Å². The van der Waals surface area contributed by atoms with Gasteiger partial charge in [-0.1, -0.05) is 24.3 Å². The van der Waals surface area contributed by atoms with E-state index >= 15 is 0 Å². The topological polar surface area (TPSA) is 96.7 Å². The fourth-order valence-corrected chi connectivity index (χ4v) is 2.57. The second-order valence-corrected chi connectivity index (χ2v) is 5.86. The molecule has 8 nitrogen and oxygen atoms in total. The van der Waals surface area contributed by atoms with Crippen LogP contribution < -0.4 is 15.4 Å². The van der Waals surface area contributed by atoms with E-state index in [4.69, 9.17) is 4.74 Å². The number of para-hydroxylation sites is 1. The van der Waals surface area contributed by atoms with E-state index in [0.717, 1.165) is 11.3 Å². The van der Waals surface area contributed by atoms with Gasteiger partial charge in [0, 0.05) is 29.9 Å². The van der Waals surface area contributed by atoms with Crippen LogP contribution in [0.15, 0.2) is 48.5 Å². The molecule has 1 atom stereocenters. The number of carbonyl (C=O) groups excluding carboxylic acids is 1. The molecule has 0 fully saturated rings. The number of amides is 2. The van der Waals surface area contributed by atoms with Crippen LogP contribution in [0.4, 0.5) is 16.2 Å². The lowest BCUT2D eigenvalue weighted by Crippen LogP contribution is -2.37. The number of methoxy groups -OCH3 is 1. The number of hydrogen-bond acceptors (Lipinski definition) is 5. The van der Waals surface area contributed by atoms with Crippen molar-refractivity contribution in [1.29, 1.82) is 0 Å². The summed E-state index contributed by atoms with van der Waals surface area (Å²) >= 11 is 0. The third kappa shape index (κ3) is 4.93. The summed E-state index contributed by atoms with van der Waals surface area (Å²) < 4.78 is 5.40. The molecule has 0 heterocycles. The Labute approximate surface area is 151 Å². The lowest BCUT2D eigenvalue weighted by atomic mass is 10.0. The van der Waals surface area contributed by atoms with Crippen molar-refractivity contribution < 1.29 is 14.5 Å². The van der Waals surface area contributed by atoms with E-state index in [1.807, 2.05) is 43.3 Å². The zero-order valence-corrected chi connectivity index (χ0v) is 14.9. The van der Waals surface area contributed by atoms with Gasteiger partial charge < -0.3 is 20.3 Å². The molecule has 0 bridgehead atoms. The molecule has 0 radical (unpaired) electrons. The van der Waals surface area contributed by atoms with Crippen LogP contribution in [0.2, 0.25) is 0 Å². The molecule has 8 heteroatoms. The van der Waals surface area contributed by atoms with Gasteiger partial charge in [-0.25, -0.2) is 4.79 Å². The maximum atomic E-state index is 12.2. The van der Waals surface area contributed by atoms with Crippen molar-refractivity contribution in [2.45, 2.75) is 6.04 Å². The highest BCUT2D eigenvalue weighted by molar-refractivity contribution is 5.89. The summed E-state index contributed by atoms with van der Waals surface area (Å²) in [5, 5.41) is 16.2. The van der Waals surface area contributed by atoms with Crippen molar-refractivity contribution in [2.24, 2.45) is 0 Å². The highest BCUT2D eigenvalue weighted by Crippen LogP contribution is 2.27. The van der Waals surface area contributed by atoms with Crippen LogP contribution in [0.1, 0.15) is 11.6 Å². The SMILES string of the molecule is COc1ccccc1C(CNC(=O)Nc1cccc([N+](=O)[O-])c1)N(C)C. The number of ether oxygens (including phenoxy) is 1. The van der Waals surface area contributed by atoms with Gasteiger partial charge in [0.15, 0.2) is 0 Å². The highest BCUT2D eigenvalue weighted by Gasteiger charge is 2.19. The largest absolute Gasteiger partial charge is 0.496 e. The number of rotatable bonds is 7.